The first-order valence-corrected chi connectivity index (χ1v) is 10.0. The number of benzene rings is 1. The number of rotatable bonds is 2. The summed E-state index contributed by atoms with van der Waals surface area (Å²) in [6.45, 7) is 6.05. The summed E-state index contributed by atoms with van der Waals surface area (Å²) in [6, 6.07) is 12.3. The first-order valence-electron chi connectivity index (χ1n) is 8.21. The minimum atomic E-state index is -0.121. The lowest BCUT2D eigenvalue weighted by Crippen LogP contribution is -2.22. The van der Waals surface area contributed by atoms with Crippen LogP contribution in [0.2, 0.25) is 0 Å². The highest BCUT2D eigenvalue weighted by Crippen LogP contribution is 2.47. The van der Waals surface area contributed by atoms with Crippen LogP contribution in [0.4, 0.5) is 5.82 Å². The van der Waals surface area contributed by atoms with Gasteiger partial charge in [-0.1, -0.05) is 24.3 Å². The lowest BCUT2D eigenvalue weighted by molar-refractivity contribution is -0.115. The first-order chi connectivity index (χ1) is 12.1. The van der Waals surface area contributed by atoms with E-state index in [4.69, 9.17) is 5.10 Å². The van der Waals surface area contributed by atoms with Crippen LogP contribution in [0.5, 0.6) is 0 Å². The summed E-state index contributed by atoms with van der Waals surface area (Å²) in [5.74, 6) is 0.826. The highest BCUT2D eigenvalue weighted by atomic mass is 32.2. The Kier molecular flexibility index (Phi) is 4.17. The summed E-state index contributed by atoms with van der Waals surface area (Å²) in [7, 11) is 0. The van der Waals surface area contributed by atoms with Crippen LogP contribution < -0.4 is 5.32 Å². The van der Waals surface area contributed by atoms with Crippen molar-refractivity contribution in [2.24, 2.45) is 0 Å². The summed E-state index contributed by atoms with van der Waals surface area (Å²) in [6.07, 6.45) is 0. The van der Waals surface area contributed by atoms with E-state index in [2.05, 4.69) is 35.8 Å². The predicted octanol–water partition coefficient (Wildman–Crippen LogP) is 4.71. The molecule has 0 unspecified atom stereocenters. The fourth-order valence-electron chi connectivity index (χ4n) is 3.15. The van der Waals surface area contributed by atoms with Gasteiger partial charge in [0.15, 0.2) is 0 Å². The number of hydrogen-bond acceptors (Lipinski definition) is 4. The van der Waals surface area contributed by atoms with Gasteiger partial charge in [-0.05, 0) is 43.8 Å². The topological polar surface area (TPSA) is 46.9 Å². The summed E-state index contributed by atoms with van der Waals surface area (Å²) in [5.41, 5.74) is 4.18. The van der Waals surface area contributed by atoms with E-state index >= 15 is 0 Å². The molecule has 0 radical (unpaired) electrons. The second kappa shape index (κ2) is 6.35. The van der Waals surface area contributed by atoms with Crippen molar-refractivity contribution in [3.05, 3.63) is 63.5 Å². The van der Waals surface area contributed by atoms with E-state index in [9.17, 15) is 4.79 Å². The molecular formula is C19H19N3OS2. The maximum absolute atomic E-state index is 12.6. The lowest BCUT2D eigenvalue weighted by Gasteiger charge is -2.15. The minimum absolute atomic E-state index is 0.0278. The maximum atomic E-state index is 12.6. The maximum Gasteiger partial charge on any atom is 0.238 e. The highest BCUT2D eigenvalue weighted by Gasteiger charge is 2.34. The second-order valence-electron chi connectivity index (χ2n) is 6.21. The molecule has 0 saturated carbocycles. The fourth-order valence-corrected chi connectivity index (χ4v) is 5.42. The molecule has 1 aromatic carbocycles. The van der Waals surface area contributed by atoms with Crippen LogP contribution in [0.25, 0.3) is 5.69 Å². The van der Waals surface area contributed by atoms with E-state index in [1.54, 1.807) is 23.1 Å². The Balaban J connectivity index is 1.94. The molecule has 128 valence electrons. The number of nitrogens with one attached hydrogen (secondary N) is 1. The number of anilines is 1. The number of thiophene rings is 1. The highest BCUT2D eigenvalue weighted by molar-refractivity contribution is 8.01. The summed E-state index contributed by atoms with van der Waals surface area (Å²) in [4.78, 5) is 13.9. The zero-order chi connectivity index (χ0) is 17.6. The number of nitrogens with zero attached hydrogens (tertiary/aromatic N) is 2. The van der Waals surface area contributed by atoms with Crippen molar-refractivity contribution < 1.29 is 4.79 Å². The fraction of sp³-hybridized carbons (Fsp3) is 0.263. The molecule has 1 aliphatic heterocycles. The molecule has 0 spiro atoms. The van der Waals surface area contributed by atoms with Crippen molar-refractivity contribution in [3.8, 4) is 5.69 Å². The van der Waals surface area contributed by atoms with E-state index in [1.165, 1.54) is 4.88 Å². The molecular weight excluding hydrogens is 350 g/mol. The number of hydrogen-bond donors (Lipinski definition) is 1. The number of fused-ring (bicyclic) bond motifs is 1. The molecule has 3 heterocycles. The normalized spacial score (nSPS) is 20.0. The average molecular weight is 370 g/mol. The van der Waals surface area contributed by atoms with Gasteiger partial charge >= 0.3 is 0 Å². The quantitative estimate of drug-likeness (QED) is 0.711. The van der Waals surface area contributed by atoms with Crippen molar-refractivity contribution in [1.29, 1.82) is 0 Å². The molecule has 2 atom stereocenters. The van der Waals surface area contributed by atoms with Crippen LogP contribution in [0, 0.1) is 13.8 Å². The Hall–Kier alpha value is -2.05. The second-order valence-corrected chi connectivity index (χ2v) is 8.64. The molecule has 25 heavy (non-hydrogen) atoms. The van der Waals surface area contributed by atoms with Crippen LogP contribution in [0.3, 0.4) is 0 Å². The van der Waals surface area contributed by atoms with Crippen molar-refractivity contribution in [2.45, 2.75) is 31.3 Å². The van der Waals surface area contributed by atoms with Crippen LogP contribution >= 0.6 is 23.1 Å². The van der Waals surface area contributed by atoms with Gasteiger partial charge in [0.25, 0.3) is 0 Å². The Morgan fingerprint density at radius 2 is 1.96 bits per heavy atom. The third kappa shape index (κ3) is 2.79. The van der Waals surface area contributed by atoms with Crippen molar-refractivity contribution >= 4 is 34.8 Å². The van der Waals surface area contributed by atoms with Gasteiger partial charge in [-0.15, -0.1) is 23.1 Å². The van der Waals surface area contributed by atoms with E-state index in [-0.39, 0.29) is 16.4 Å². The first kappa shape index (κ1) is 16.4. The molecule has 4 rings (SSSR count). The standard InChI is InChI=1S/C19H19N3OS2/c1-11-7-4-5-8-14(11)22-18-16(12(2)21-22)17(15-9-6-10-24-15)25-13(3)19(23)20-18/h4-10,13,17H,1-3H3,(H,20,23)/t13-,17-/m1/s1. The Morgan fingerprint density at radius 1 is 1.16 bits per heavy atom. The smallest absolute Gasteiger partial charge is 0.238 e. The molecule has 3 aromatic rings. The van der Waals surface area contributed by atoms with Crippen LogP contribution in [0.15, 0.2) is 41.8 Å². The molecule has 1 N–H and O–H groups in total. The summed E-state index contributed by atoms with van der Waals surface area (Å²) in [5, 5.41) is 9.98. The van der Waals surface area contributed by atoms with Gasteiger partial charge in [0.05, 0.1) is 21.9 Å². The molecule has 0 aliphatic carbocycles. The van der Waals surface area contributed by atoms with Crippen LogP contribution in [-0.2, 0) is 4.79 Å². The molecule has 0 saturated heterocycles. The molecule has 0 bridgehead atoms. The predicted molar refractivity (Wildman–Crippen MR) is 105 cm³/mol. The summed E-state index contributed by atoms with van der Waals surface area (Å²) < 4.78 is 1.89. The number of aromatic nitrogens is 2. The zero-order valence-electron chi connectivity index (χ0n) is 14.3. The number of aryl methyl sites for hydroxylation is 2. The van der Waals surface area contributed by atoms with Gasteiger partial charge < -0.3 is 5.32 Å². The van der Waals surface area contributed by atoms with E-state index < -0.39 is 0 Å². The van der Waals surface area contributed by atoms with Gasteiger partial charge in [0, 0.05) is 10.4 Å². The van der Waals surface area contributed by atoms with Gasteiger partial charge in [0.1, 0.15) is 5.82 Å². The third-order valence-corrected chi connectivity index (χ3v) is 6.94. The lowest BCUT2D eigenvalue weighted by atomic mass is 10.1. The van der Waals surface area contributed by atoms with E-state index in [1.807, 2.05) is 36.7 Å². The van der Waals surface area contributed by atoms with Gasteiger partial charge in [-0.3, -0.25) is 4.79 Å². The molecule has 2 aromatic heterocycles. The van der Waals surface area contributed by atoms with Crippen LogP contribution in [0.1, 0.15) is 33.9 Å². The van der Waals surface area contributed by atoms with Crippen molar-refractivity contribution in [1.82, 2.24) is 9.78 Å². The number of para-hydroxylation sites is 1. The number of carbonyl (C=O) groups excluding carboxylic acids is 1. The molecule has 1 aliphatic rings. The Bertz CT molecular complexity index is 930. The van der Waals surface area contributed by atoms with Gasteiger partial charge in [-0.2, -0.15) is 5.10 Å². The minimum Gasteiger partial charge on any atom is -0.309 e. The zero-order valence-corrected chi connectivity index (χ0v) is 15.9. The average Bonchev–Trinajstić information content (AvgIpc) is 3.19. The Morgan fingerprint density at radius 3 is 2.68 bits per heavy atom. The monoisotopic (exact) mass is 369 g/mol. The van der Waals surface area contributed by atoms with Crippen LogP contribution in [-0.4, -0.2) is 20.9 Å². The molecule has 6 heteroatoms. The van der Waals surface area contributed by atoms with E-state index in [0.717, 1.165) is 28.3 Å². The van der Waals surface area contributed by atoms with Gasteiger partial charge in [-0.25, -0.2) is 4.68 Å². The SMILES string of the molecule is Cc1ccccc1-n1nc(C)c2c1NC(=O)[C@@H](C)S[C@@H]2c1cccs1. The number of carbonyl (C=O) groups is 1. The number of amides is 1. The van der Waals surface area contributed by atoms with Gasteiger partial charge in [0.2, 0.25) is 5.91 Å². The molecule has 4 nitrogen and oxygen atoms in total. The molecule has 0 fully saturated rings. The van der Waals surface area contributed by atoms with E-state index in [0.29, 0.717) is 0 Å². The molecule has 1 amide bonds. The van der Waals surface area contributed by atoms with Crippen molar-refractivity contribution in [3.63, 3.8) is 0 Å². The largest absolute Gasteiger partial charge is 0.309 e. The third-order valence-electron chi connectivity index (χ3n) is 4.47. The Labute approximate surface area is 155 Å². The summed E-state index contributed by atoms with van der Waals surface area (Å²) >= 11 is 3.41. The van der Waals surface area contributed by atoms with Crippen molar-refractivity contribution in [2.75, 3.05) is 5.32 Å². The number of thioether (sulfide) groups is 1.